The van der Waals surface area contributed by atoms with Crippen LogP contribution in [0.25, 0.3) is 5.65 Å². The molecule has 2 aromatic rings. The Hall–Kier alpha value is -1.84. The van der Waals surface area contributed by atoms with Gasteiger partial charge in [-0.2, -0.15) is 0 Å². The van der Waals surface area contributed by atoms with E-state index in [-0.39, 0.29) is 0 Å². The number of anilines is 1. The van der Waals surface area contributed by atoms with E-state index in [1.54, 1.807) is 4.40 Å². The van der Waals surface area contributed by atoms with Crippen LogP contribution in [0.15, 0.2) is 24.4 Å². The van der Waals surface area contributed by atoms with Crippen LogP contribution in [-0.2, 0) is 0 Å². The van der Waals surface area contributed by atoms with E-state index in [0.717, 1.165) is 24.3 Å². The summed E-state index contributed by atoms with van der Waals surface area (Å²) in [6, 6.07) is 5.68. The van der Waals surface area contributed by atoms with Crippen LogP contribution in [-0.4, -0.2) is 29.3 Å². The Labute approximate surface area is 88.2 Å². The molecule has 4 heteroatoms. The fourth-order valence-corrected chi connectivity index (χ4v) is 1.54. The van der Waals surface area contributed by atoms with Gasteiger partial charge in [-0.15, -0.1) is 0 Å². The van der Waals surface area contributed by atoms with E-state index in [2.05, 4.69) is 4.98 Å². The van der Waals surface area contributed by atoms with Crippen molar-refractivity contribution in [3.05, 3.63) is 30.1 Å². The third kappa shape index (κ3) is 1.48. The van der Waals surface area contributed by atoms with Crippen LogP contribution < -0.4 is 4.90 Å². The molecule has 0 fully saturated rings. The molecule has 15 heavy (non-hydrogen) atoms. The van der Waals surface area contributed by atoms with Gasteiger partial charge in [-0.1, -0.05) is 6.07 Å². The van der Waals surface area contributed by atoms with Crippen molar-refractivity contribution in [2.24, 2.45) is 0 Å². The number of aromatic nitrogens is 2. The summed E-state index contributed by atoms with van der Waals surface area (Å²) in [5.41, 5.74) is 1.41. The summed E-state index contributed by atoms with van der Waals surface area (Å²) in [6.45, 7) is 2.85. The van der Waals surface area contributed by atoms with Gasteiger partial charge in [0.25, 0.3) is 0 Å². The number of imidazole rings is 1. The number of hydrogen-bond acceptors (Lipinski definition) is 3. The molecule has 0 aliphatic carbocycles. The van der Waals surface area contributed by atoms with Crippen LogP contribution in [0.2, 0.25) is 0 Å². The lowest BCUT2D eigenvalue weighted by molar-refractivity contribution is 0.111. The molecule has 0 radical (unpaired) electrons. The second kappa shape index (κ2) is 3.73. The summed E-state index contributed by atoms with van der Waals surface area (Å²) in [5, 5.41) is 0. The molecule has 78 valence electrons. The third-order valence-electron chi connectivity index (χ3n) is 2.49. The average molecular weight is 203 g/mol. The zero-order chi connectivity index (χ0) is 10.8. The monoisotopic (exact) mass is 203 g/mol. The largest absolute Gasteiger partial charge is 0.358 e. The highest BCUT2D eigenvalue weighted by Gasteiger charge is 2.13. The van der Waals surface area contributed by atoms with E-state index in [9.17, 15) is 4.79 Å². The van der Waals surface area contributed by atoms with Gasteiger partial charge < -0.3 is 4.90 Å². The van der Waals surface area contributed by atoms with Crippen molar-refractivity contribution in [2.45, 2.75) is 6.92 Å². The molecule has 4 nitrogen and oxygen atoms in total. The molecule has 0 amide bonds. The number of nitrogens with zero attached hydrogens (tertiary/aromatic N) is 3. The van der Waals surface area contributed by atoms with Gasteiger partial charge in [0.2, 0.25) is 0 Å². The van der Waals surface area contributed by atoms with Crippen molar-refractivity contribution in [3.8, 4) is 0 Å². The first-order valence-electron chi connectivity index (χ1n) is 4.91. The van der Waals surface area contributed by atoms with Gasteiger partial charge in [0.15, 0.2) is 12.1 Å². The first kappa shape index (κ1) is 9.71. The Morgan fingerprint density at radius 2 is 2.33 bits per heavy atom. The number of carbonyl (C=O) groups is 1. The lowest BCUT2D eigenvalue weighted by Gasteiger charge is -2.13. The van der Waals surface area contributed by atoms with E-state index in [1.807, 2.05) is 43.3 Å². The maximum atomic E-state index is 11.0. The maximum absolute atomic E-state index is 11.0. The van der Waals surface area contributed by atoms with Crippen molar-refractivity contribution >= 4 is 17.8 Å². The summed E-state index contributed by atoms with van der Waals surface area (Å²) in [4.78, 5) is 17.4. The highest BCUT2D eigenvalue weighted by Crippen LogP contribution is 2.18. The predicted molar refractivity (Wildman–Crippen MR) is 59.5 cm³/mol. The van der Waals surface area contributed by atoms with Crippen LogP contribution in [0.3, 0.4) is 0 Å². The van der Waals surface area contributed by atoms with Gasteiger partial charge in [0, 0.05) is 19.8 Å². The van der Waals surface area contributed by atoms with Gasteiger partial charge in [0.05, 0.1) is 0 Å². The second-order valence-corrected chi connectivity index (χ2v) is 3.38. The van der Waals surface area contributed by atoms with E-state index in [1.165, 1.54) is 0 Å². The zero-order valence-corrected chi connectivity index (χ0v) is 8.84. The smallest absolute Gasteiger partial charge is 0.170 e. The summed E-state index contributed by atoms with van der Waals surface area (Å²) in [7, 11) is 1.93. The molecule has 0 unspecified atom stereocenters. The molecule has 0 spiro atoms. The van der Waals surface area contributed by atoms with Crippen molar-refractivity contribution in [1.82, 2.24) is 9.38 Å². The van der Waals surface area contributed by atoms with E-state index < -0.39 is 0 Å². The molecule has 2 heterocycles. The van der Waals surface area contributed by atoms with Crippen molar-refractivity contribution < 1.29 is 4.79 Å². The standard InChI is InChI=1S/C11H13N3O/c1-3-13(2)11-9(8-15)14-7-5-4-6-10(14)12-11/h4-8H,3H2,1-2H3. The second-order valence-electron chi connectivity index (χ2n) is 3.38. The Balaban J connectivity index is 2.69. The molecule has 0 bridgehead atoms. The Morgan fingerprint density at radius 3 is 3.00 bits per heavy atom. The predicted octanol–water partition coefficient (Wildman–Crippen LogP) is 1.60. The van der Waals surface area contributed by atoms with Crippen molar-refractivity contribution in [1.29, 1.82) is 0 Å². The lowest BCUT2D eigenvalue weighted by Crippen LogP contribution is -2.17. The van der Waals surface area contributed by atoms with Crippen molar-refractivity contribution in [2.75, 3.05) is 18.5 Å². The molecule has 0 N–H and O–H groups in total. The number of rotatable bonds is 3. The number of aldehydes is 1. The van der Waals surface area contributed by atoms with E-state index in [4.69, 9.17) is 0 Å². The minimum atomic E-state index is 0.606. The molecule has 0 atom stereocenters. The Kier molecular flexibility index (Phi) is 2.41. The molecule has 0 aliphatic rings. The van der Waals surface area contributed by atoms with Crippen LogP contribution in [0.5, 0.6) is 0 Å². The molecular formula is C11H13N3O. The fourth-order valence-electron chi connectivity index (χ4n) is 1.54. The number of carbonyl (C=O) groups excluding carboxylic acids is 1. The van der Waals surface area contributed by atoms with Crippen LogP contribution in [0.4, 0.5) is 5.82 Å². The number of fused-ring (bicyclic) bond motifs is 1. The Bertz CT molecular complexity index is 490. The molecule has 2 aromatic heterocycles. The van der Waals surface area contributed by atoms with Gasteiger partial charge >= 0.3 is 0 Å². The molecule has 0 saturated heterocycles. The third-order valence-corrected chi connectivity index (χ3v) is 2.49. The van der Waals surface area contributed by atoms with Gasteiger partial charge in [-0.05, 0) is 19.1 Å². The highest BCUT2D eigenvalue weighted by atomic mass is 16.1. The number of hydrogen-bond donors (Lipinski definition) is 0. The average Bonchev–Trinajstić information content (AvgIpc) is 2.66. The molecular weight excluding hydrogens is 190 g/mol. The molecule has 0 aliphatic heterocycles. The summed E-state index contributed by atoms with van der Waals surface area (Å²) in [5.74, 6) is 0.735. The molecule has 2 rings (SSSR count). The number of pyridine rings is 1. The molecule has 0 aromatic carbocycles. The summed E-state index contributed by atoms with van der Waals surface area (Å²) < 4.78 is 1.80. The van der Waals surface area contributed by atoms with Gasteiger partial charge in [-0.25, -0.2) is 4.98 Å². The highest BCUT2D eigenvalue weighted by molar-refractivity contribution is 5.83. The molecule has 0 saturated carbocycles. The SMILES string of the molecule is CCN(C)c1nc2ccccn2c1C=O. The van der Waals surface area contributed by atoms with E-state index in [0.29, 0.717) is 5.69 Å². The lowest BCUT2D eigenvalue weighted by atomic mass is 10.4. The summed E-state index contributed by atoms with van der Waals surface area (Å²) >= 11 is 0. The van der Waals surface area contributed by atoms with Gasteiger partial charge in [-0.3, -0.25) is 9.20 Å². The topological polar surface area (TPSA) is 37.6 Å². The van der Waals surface area contributed by atoms with Crippen LogP contribution in [0, 0.1) is 0 Å². The van der Waals surface area contributed by atoms with E-state index >= 15 is 0 Å². The van der Waals surface area contributed by atoms with Crippen molar-refractivity contribution in [3.63, 3.8) is 0 Å². The van der Waals surface area contributed by atoms with Crippen LogP contribution >= 0.6 is 0 Å². The normalized spacial score (nSPS) is 10.5. The first-order chi connectivity index (χ1) is 7.27. The maximum Gasteiger partial charge on any atom is 0.170 e. The zero-order valence-electron chi connectivity index (χ0n) is 8.84. The van der Waals surface area contributed by atoms with Gasteiger partial charge in [0.1, 0.15) is 11.3 Å². The minimum absolute atomic E-state index is 0.606. The minimum Gasteiger partial charge on any atom is -0.358 e. The Morgan fingerprint density at radius 1 is 1.53 bits per heavy atom. The van der Waals surface area contributed by atoms with Crippen LogP contribution in [0.1, 0.15) is 17.4 Å². The fraction of sp³-hybridized carbons (Fsp3) is 0.273. The summed E-state index contributed by atoms with van der Waals surface area (Å²) in [6.07, 6.45) is 2.70. The quantitative estimate of drug-likeness (QED) is 0.711. The first-order valence-corrected chi connectivity index (χ1v) is 4.91.